The fraction of sp³-hybridized carbons (Fsp3) is 0.273. The van der Waals surface area contributed by atoms with Gasteiger partial charge >= 0.3 is 5.97 Å². The van der Waals surface area contributed by atoms with Crippen molar-refractivity contribution < 1.29 is 14.3 Å². The Morgan fingerprint density at radius 2 is 2.00 bits per heavy atom. The van der Waals surface area contributed by atoms with Crippen LogP contribution in [0.15, 0.2) is 24.3 Å². The van der Waals surface area contributed by atoms with Gasteiger partial charge in [-0.3, -0.25) is 9.59 Å². The highest BCUT2D eigenvalue weighted by Gasteiger charge is 2.33. The third kappa shape index (κ3) is 2.02. The molecule has 1 saturated heterocycles. The van der Waals surface area contributed by atoms with E-state index in [9.17, 15) is 9.59 Å². The summed E-state index contributed by atoms with van der Waals surface area (Å²) in [6, 6.07) is 6.51. The Morgan fingerprint density at radius 1 is 1.33 bits per heavy atom. The monoisotopic (exact) mass is 224 g/mol. The van der Waals surface area contributed by atoms with E-state index in [0.29, 0.717) is 23.6 Å². The van der Waals surface area contributed by atoms with E-state index in [1.54, 1.807) is 24.3 Å². The molecule has 1 aliphatic heterocycles. The van der Waals surface area contributed by atoms with E-state index in [0.717, 1.165) is 0 Å². The predicted octanol–water partition coefficient (Wildman–Crippen LogP) is 2.09. The summed E-state index contributed by atoms with van der Waals surface area (Å²) in [4.78, 5) is 23.0. The van der Waals surface area contributed by atoms with Crippen LogP contribution in [0.1, 0.15) is 16.8 Å². The maximum atomic E-state index is 11.8. The van der Waals surface area contributed by atoms with Gasteiger partial charge in [-0.2, -0.15) is 0 Å². The average Bonchev–Trinajstić information content (AvgIpc) is 2.65. The van der Waals surface area contributed by atoms with E-state index in [1.165, 1.54) is 0 Å². The summed E-state index contributed by atoms with van der Waals surface area (Å²) in [6.07, 6.45) is 0.473. The second-order valence-electron chi connectivity index (χ2n) is 3.38. The zero-order chi connectivity index (χ0) is 10.8. The van der Waals surface area contributed by atoms with Crippen LogP contribution in [-0.2, 0) is 9.53 Å². The van der Waals surface area contributed by atoms with Gasteiger partial charge in [0.15, 0.2) is 5.78 Å². The molecule has 4 heteroatoms. The van der Waals surface area contributed by atoms with E-state index in [1.807, 2.05) is 0 Å². The zero-order valence-corrected chi connectivity index (χ0v) is 8.66. The molecule has 0 aromatic heterocycles. The zero-order valence-electron chi connectivity index (χ0n) is 7.90. The van der Waals surface area contributed by atoms with Crippen molar-refractivity contribution in [2.24, 2.45) is 5.92 Å². The van der Waals surface area contributed by atoms with Crippen molar-refractivity contribution >= 4 is 23.4 Å². The molecule has 1 aromatic carbocycles. The number of halogens is 1. The molecule has 78 valence electrons. The highest BCUT2D eigenvalue weighted by molar-refractivity contribution is 6.30. The number of ether oxygens (including phenoxy) is 1. The van der Waals surface area contributed by atoms with Crippen LogP contribution >= 0.6 is 11.6 Å². The predicted molar refractivity (Wildman–Crippen MR) is 54.8 cm³/mol. The molecule has 0 saturated carbocycles. The van der Waals surface area contributed by atoms with Crippen LogP contribution in [0.2, 0.25) is 5.02 Å². The minimum Gasteiger partial charge on any atom is -0.465 e. The SMILES string of the molecule is O=C1OCCC1C(=O)c1ccc(Cl)cc1. The summed E-state index contributed by atoms with van der Waals surface area (Å²) >= 11 is 5.70. The molecule has 1 unspecified atom stereocenters. The minimum atomic E-state index is -0.633. The van der Waals surface area contributed by atoms with Crippen LogP contribution in [0.3, 0.4) is 0 Å². The molecule has 0 bridgehead atoms. The first-order chi connectivity index (χ1) is 7.18. The summed E-state index contributed by atoms with van der Waals surface area (Å²) in [6.45, 7) is 0.336. The van der Waals surface area contributed by atoms with Gasteiger partial charge in [0.05, 0.1) is 6.61 Å². The van der Waals surface area contributed by atoms with Crippen molar-refractivity contribution in [1.29, 1.82) is 0 Å². The second-order valence-corrected chi connectivity index (χ2v) is 3.82. The lowest BCUT2D eigenvalue weighted by Crippen LogP contribution is -2.19. The Kier molecular flexibility index (Phi) is 2.73. The van der Waals surface area contributed by atoms with Crippen molar-refractivity contribution in [3.05, 3.63) is 34.9 Å². The van der Waals surface area contributed by atoms with Crippen LogP contribution in [0.25, 0.3) is 0 Å². The maximum Gasteiger partial charge on any atom is 0.316 e. The quantitative estimate of drug-likeness (QED) is 0.439. The van der Waals surface area contributed by atoms with Gasteiger partial charge in [0.25, 0.3) is 0 Å². The number of benzene rings is 1. The van der Waals surface area contributed by atoms with Crippen molar-refractivity contribution in [1.82, 2.24) is 0 Å². The fourth-order valence-corrected chi connectivity index (χ4v) is 1.68. The smallest absolute Gasteiger partial charge is 0.316 e. The average molecular weight is 225 g/mol. The Balaban J connectivity index is 2.20. The van der Waals surface area contributed by atoms with Crippen LogP contribution < -0.4 is 0 Å². The number of Topliss-reactive ketones (excluding diaryl/α,β-unsaturated/α-hetero) is 1. The highest BCUT2D eigenvalue weighted by Crippen LogP contribution is 2.20. The number of carbonyl (C=O) groups excluding carboxylic acids is 2. The Labute approximate surface area is 92.0 Å². The maximum absolute atomic E-state index is 11.8. The number of carbonyl (C=O) groups is 2. The van der Waals surface area contributed by atoms with Crippen LogP contribution in [0.4, 0.5) is 0 Å². The largest absolute Gasteiger partial charge is 0.465 e. The third-order valence-electron chi connectivity index (χ3n) is 2.38. The summed E-state index contributed by atoms with van der Waals surface area (Å²) < 4.78 is 4.75. The highest BCUT2D eigenvalue weighted by atomic mass is 35.5. The van der Waals surface area contributed by atoms with E-state index in [2.05, 4.69) is 0 Å². The van der Waals surface area contributed by atoms with Crippen LogP contribution in [0, 0.1) is 5.92 Å². The number of cyclic esters (lactones) is 1. The van der Waals surface area contributed by atoms with Crippen LogP contribution in [-0.4, -0.2) is 18.4 Å². The molecule has 1 atom stereocenters. The van der Waals surface area contributed by atoms with Crippen LogP contribution in [0.5, 0.6) is 0 Å². The number of ketones is 1. The molecule has 1 heterocycles. The summed E-state index contributed by atoms with van der Waals surface area (Å²) in [5.41, 5.74) is 0.503. The normalized spacial score (nSPS) is 20.1. The van der Waals surface area contributed by atoms with E-state index < -0.39 is 11.9 Å². The van der Waals surface area contributed by atoms with Gasteiger partial charge in [-0.1, -0.05) is 11.6 Å². The Bertz CT molecular complexity index is 397. The lowest BCUT2D eigenvalue weighted by Gasteiger charge is -2.04. The Hall–Kier alpha value is -1.35. The van der Waals surface area contributed by atoms with Gasteiger partial charge in [-0.15, -0.1) is 0 Å². The molecule has 1 aromatic rings. The van der Waals surface area contributed by atoms with Gasteiger partial charge < -0.3 is 4.74 Å². The summed E-state index contributed by atoms with van der Waals surface area (Å²) in [5, 5.41) is 0.570. The van der Waals surface area contributed by atoms with Crippen molar-refractivity contribution in [3.8, 4) is 0 Å². The first-order valence-electron chi connectivity index (χ1n) is 4.65. The van der Waals surface area contributed by atoms with Gasteiger partial charge in [-0.05, 0) is 24.3 Å². The Morgan fingerprint density at radius 3 is 2.53 bits per heavy atom. The third-order valence-corrected chi connectivity index (χ3v) is 2.63. The fourth-order valence-electron chi connectivity index (χ4n) is 1.55. The van der Waals surface area contributed by atoms with E-state index in [4.69, 9.17) is 16.3 Å². The number of hydrogen-bond acceptors (Lipinski definition) is 3. The number of hydrogen-bond donors (Lipinski definition) is 0. The molecule has 0 amide bonds. The molecule has 1 aliphatic rings. The second kappa shape index (κ2) is 4.03. The van der Waals surface area contributed by atoms with Gasteiger partial charge in [-0.25, -0.2) is 0 Å². The van der Waals surface area contributed by atoms with Crippen molar-refractivity contribution in [3.63, 3.8) is 0 Å². The molecule has 0 spiro atoms. The lowest BCUT2D eigenvalue weighted by molar-refractivity contribution is -0.140. The molecule has 0 radical (unpaired) electrons. The van der Waals surface area contributed by atoms with Gasteiger partial charge in [0.2, 0.25) is 0 Å². The molecule has 0 N–H and O–H groups in total. The minimum absolute atomic E-state index is 0.186. The molecule has 1 fully saturated rings. The van der Waals surface area contributed by atoms with E-state index >= 15 is 0 Å². The van der Waals surface area contributed by atoms with Crippen molar-refractivity contribution in [2.45, 2.75) is 6.42 Å². The molecular weight excluding hydrogens is 216 g/mol. The van der Waals surface area contributed by atoms with Gasteiger partial charge in [0.1, 0.15) is 5.92 Å². The number of esters is 1. The molecule has 3 nitrogen and oxygen atoms in total. The molecule has 0 aliphatic carbocycles. The van der Waals surface area contributed by atoms with Gasteiger partial charge in [0, 0.05) is 17.0 Å². The molecule has 15 heavy (non-hydrogen) atoms. The first kappa shape index (κ1) is 10.2. The van der Waals surface area contributed by atoms with Crippen molar-refractivity contribution in [2.75, 3.05) is 6.61 Å². The first-order valence-corrected chi connectivity index (χ1v) is 5.02. The van der Waals surface area contributed by atoms with E-state index in [-0.39, 0.29) is 5.78 Å². The molecular formula is C11H9ClO3. The number of rotatable bonds is 2. The summed E-state index contributed by atoms with van der Waals surface area (Å²) in [7, 11) is 0. The molecule has 2 rings (SSSR count). The summed E-state index contributed by atoms with van der Waals surface area (Å²) in [5.74, 6) is -1.24. The lowest BCUT2D eigenvalue weighted by atomic mass is 9.97. The topological polar surface area (TPSA) is 43.4 Å². The standard InChI is InChI=1S/C11H9ClO3/c12-8-3-1-7(2-4-8)10(13)9-5-6-15-11(9)14/h1-4,9H,5-6H2.